The van der Waals surface area contributed by atoms with Crippen molar-refractivity contribution in [1.82, 2.24) is 10.2 Å². The molecule has 3 aromatic carbocycles. The molecule has 0 aliphatic carbocycles. The first kappa shape index (κ1) is 25.8. The van der Waals surface area contributed by atoms with Crippen molar-refractivity contribution in [1.29, 1.82) is 5.26 Å². The molecule has 1 aliphatic rings. The van der Waals surface area contributed by atoms with Gasteiger partial charge in [-0.15, -0.1) is 0 Å². The predicted molar refractivity (Wildman–Crippen MR) is 144 cm³/mol. The molecule has 0 radical (unpaired) electrons. The fraction of sp³-hybridized carbons (Fsp3) is 0.300. The van der Waals surface area contributed by atoms with Crippen LogP contribution in [-0.4, -0.2) is 43.6 Å². The Balaban J connectivity index is 1.31. The Morgan fingerprint density at radius 3 is 2.49 bits per heavy atom. The summed E-state index contributed by atoms with van der Waals surface area (Å²) in [6, 6.07) is 22.7. The molecule has 3 aromatic rings. The quantitative estimate of drug-likeness (QED) is 0.467. The van der Waals surface area contributed by atoms with Crippen molar-refractivity contribution in [2.75, 3.05) is 32.1 Å². The third-order valence-corrected chi connectivity index (χ3v) is 6.90. The van der Waals surface area contributed by atoms with Crippen LogP contribution in [0, 0.1) is 18.3 Å². The minimum absolute atomic E-state index is 0.0297. The average molecular weight is 497 g/mol. The topological polar surface area (TPSA) is 94.5 Å². The van der Waals surface area contributed by atoms with Crippen LogP contribution in [0.2, 0.25) is 0 Å². The van der Waals surface area contributed by atoms with E-state index in [-0.39, 0.29) is 11.9 Å². The molecule has 190 valence electrons. The third-order valence-electron chi connectivity index (χ3n) is 6.90. The van der Waals surface area contributed by atoms with Gasteiger partial charge in [0.05, 0.1) is 18.7 Å². The highest BCUT2D eigenvalue weighted by atomic mass is 16.5. The van der Waals surface area contributed by atoms with Gasteiger partial charge in [0.15, 0.2) is 0 Å². The van der Waals surface area contributed by atoms with Crippen LogP contribution >= 0.6 is 0 Å². The summed E-state index contributed by atoms with van der Waals surface area (Å²) >= 11 is 0. The summed E-state index contributed by atoms with van der Waals surface area (Å²) in [5, 5.41) is 14.8. The first-order valence-electron chi connectivity index (χ1n) is 12.5. The molecule has 0 aromatic heterocycles. The van der Waals surface area contributed by atoms with Crippen LogP contribution in [0.4, 0.5) is 10.5 Å². The number of hydrogen-bond donors (Lipinski definition) is 2. The maximum Gasteiger partial charge on any atom is 0.319 e. The lowest BCUT2D eigenvalue weighted by Crippen LogP contribution is -2.38. The van der Waals surface area contributed by atoms with Crippen molar-refractivity contribution in [2.24, 2.45) is 0 Å². The van der Waals surface area contributed by atoms with Crippen LogP contribution in [0.1, 0.15) is 51.4 Å². The molecule has 1 fully saturated rings. The number of nitrogens with one attached hydrogen (secondary N) is 2. The van der Waals surface area contributed by atoms with Crippen molar-refractivity contribution in [2.45, 2.75) is 32.1 Å². The monoisotopic (exact) mass is 496 g/mol. The first-order chi connectivity index (χ1) is 18.0. The van der Waals surface area contributed by atoms with Crippen molar-refractivity contribution < 1.29 is 14.3 Å². The van der Waals surface area contributed by atoms with Gasteiger partial charge in [-0.2, -0.15) is 5.26 Å². The van der Waals surface area contributed by atoms with E-state index in [1.54, 1.807) is 13.2 Å². The number of para-hydroxylation sites is 1. The number of aryl methyl sites for hydroxylation is 1. The van der Waals surface area contributed by atoms with Crippen LogP contribution < -0.4 is 15.4 Å². The van der Waals surface area contributed by atoms with Gasteiger partial charge < -0.3 is 20.3 Å². The molecule has 0 bridgehead atoms. The molecule has 0 unspecified atom stereocenters. The largest absolute Gasteiger partial charge is 0.496 e. The van der Waals surface area contributed by atoms with Crippen LogP contribution in [-0.2, 0) is 6.42 Å². The van der Waals surface area contributed by atoms with Crippen LogP contribution in [0.3, 0.4) is 0 Å². The zero-order valence-corrected chi connectivity index (χ0v) is 21.3. The van der Waals surface area contributed by atoms with Gasteiger partial charge in [0.2, 0.25) is 0 Å². The fourth-order valence-electron chi connectivity index (χ4n) is 4.70. The van der Waals surface area contributed by atoms with Crippen LogP contribution in [0.15, 0.2) is 66.7 Å². The molecule has 37 heavy (non-hydrogen) atoms. The molecule has 2 N–H and O–H groups in total. The second kappa shape index (κ2) is 12.1. The molecule has 1 heterocycles. The number of methoxy groups -OCH3 is 1. The lowest BCUT2D eigenvalue weighted by atomic mass is 9.89. The fourth-order valence-corrected chi connectivity index (χ4v) is 4.70. The number of urea groups is 1. The highest BCUT2D eigenvalue weighted by molar-refractivity contribution is 5.97. The van der Waals surface area contributed by atoms with Gasteiger partial charge in [-0.1, -0.05) is 36.4 Å². The van der Waals surface area contributed by atoms with Gasteiger partial charge in [-0.25, -0.2) is 4.79 Å². The van der Waals surface area contributed by atoms with Crippen LogP contribution in [0.25, 0.3) is 0 Å². The number of hydrogen-bond acceptors (Lipinski definition) is 4. The number of likely N-dealkylation sites (tertiary alicyclic amines) is 1. The highest BCUT2D eigenvalue weighted by Gasteiger charge is 2.25. The summed E-state index contributed by atoms with van der Waals surface area (Å²) in [6.45, 7) is 3.70. The van der Waals surface area contributed by atoms with E-state index in [4.69, 9.17) is 10.00 Å². The van der Waals surface area contributed by atoms with Gasteiger partial charge in [0, 0.05) is 30.9 Å². The van der Waals surface area contributed by atoms with E-state index in [1.807, 2.05) is 72.5 Å². The summed E-state index contributed by atoms with van der Waals surface area (Å²) in [4.78, 5) is 27.6. The normalized spacial score (nSPS) is 13.5. The van der Waals surface area contributed by atoms with E-state index in [1.165, 1.54) is 5.56 Å². The Bertz CT molecular complexity index is 1290. The maximum absolute atomic E-state index is 13.2. The molecule has 4 rings (SSSR count). The van der Waals surface area contributed by atoms with Gasteiger partial charge >= 0.3 is 6.03 Å². The molecule has 0 saturated carbocycles. The summed E-state index contributed by atoms with van der Waals surface area (Å²) in [5.41, 5.74) is 4.96. The number of carbonyl (C=O) groups is 2. The Kier molecular flexibility index (Phi) is 8.42. The van der Waals surface area contributed by atoms with Crippen molar-refractivity contribution in [3.63, 3.8) is 0 Å². The third kappa shape index (κ3) is 6.47. The van der Waals surface area contributed by atoms with E-state index in [9.17, 15) is 9.59 Å². The molecule has 1 saturated heterocycles. The smallest absolute Gasteiger partial charge is 0.319 e. The zero-order valence-electron chi connectivity index (χ0n) is 21.3. The number of piperidine rings is 1. The van der Waals surface area contributed by atoms with E-state index in [0.717, 1.165) is 29.7 Å². The van der Waals surface area contributed by atoms with Crippen LogP contribution in [0.5, 0.6) is 5.75 Å². The molecule has 0 atom stereocenters. The van der Waals surface area contributed by atoms with Gasteiger partial charge in [-0.05, 0) is 79.1 Å². The molecule has 7 nitrogen and oxygen atoms in total. The highest BCUT2D eigenvalue weighted by Crippen LogP contribution is 2.29. The molecular formula is C30H32N4O3. The molecule has 7 heteroatoms. The van der Waals surface area contributed by atoms with Crippen molar-refractivity contribution in [3.8, 4) is 11.8 Å². The summed E-state index contributed by atoms with van der Waals surface area (Å²) in [7, 11) is 1.63. The number of carbonyl (C=O) groups excluding carboxylic acids is 2. The summed E-state index contributed by atoms with van der Waals surface area (Å²) in [5.74, 6) is 1.15. The van der Waals surface area contributed by atoms with Gasteiger partial charge in [-0.3, -0.25) is 4.79 Å². The molecule has 3 amide bonds. The number of anilines is 1. The van der Waals surface area contributed by atoms with Crippen molar-refractivity contribution >= 4 is 17.6 Å². The second-order valence-corrected chi connectivity index (χ2v) is 9.27. The number of rotatable bonds is 7. The number of nitriles is 1. The molecule has 0 spiro atoms. The lowest BCUT2D eigenvalue weighted by Gasteiger charge is -2.32. The van der Waals surface area contributed by atoms with E-state index in [2.05, 4.69) is 16.7 Å². The van der Waals surface area contributed by atoms with E-state index < -0.39 is 0 Å². The number of amides is 3. The first-order valence-corrected chi connectivity index (χ1v) is 12.5. The second-order valence-electron chi connectivity index (χ2n) is 9.27. The van der Waals surface area contributed by atoms with E-state index >= 15 is 0 Å². The predicted octanol–water partition coefficient (Wildman–Crippen LogP) is 5.26. The summed E-state index contributed by atoms with van der Waals surface area (Å²) < 4.78 is 5.36. The number of benzene rings is 3. The van der Waals surface area contributed by atoms with Gasteiger partial charge in [0.25, 0.3) is 5.91 Å². The SMILES string of the molecule is COc1ccccc1CCNC(=O)Nc1cc(C(=O)N2CCC(c3ccc(C#N)cc3)CC2)ccc1C. The number of ether oxygens (including phenoxy) is 1. The van der Waals surface area contributed by atoms with E-state index in [0.29, 0.717) is 48.8 Å². The standard InChI is InChI=1S/C30H32N4O3/c1-21-7-10-26(19-27(21)33-30(36)32-16-13-25-5-3-4-6-28(25)37-2)29(35)34-17-14-24(15-18-34)23-11-8-22(20-31)9-12-23/h3-12,19,24H,13-18H2,1-2H3,(H2,32,33,36). The average Bonchev–Trinajstić information content (AvgIpc) is 2.94. The van der Waals surface area contributed by atoms with Gasteiger partial charge in [0.1, 0.15) is 5.75 Å². The van der Waals surface area contributed by atoms with Crippen molar-refractivity contribution in [3.05, 3.63) is 94.5 Å². The Labute approximate surface area is 218 Å². The Morgan fingerprint density at radius 1 is 1.05 bits per heavy atom. The summed E-state index contributed by atoms with van der Waals surface area (Å²) in [6.07, 6.45) is 2.40. The molecular weight excluding hydrogens is 464 g/mol. The minimum Gasteiger partial charge on any atom is -0.496 e. The zero-order chi connectivity index (χ0) is 26.2. The minimum atomic E-state index is -0.314. The maximum atomic E-state index is 13.2. The lowest BCUT2D eigenvalue weighted by molar-refractivity contribution is 0.0713. The Hall–Kier alpha value is -4.31. The molecule has 1 aliphatic heterocycles. The number of nitrogens with zero attached hydrogens (tertiary/aromatic N) is 2. The Morgan fingerprint density at radius 2 is 1.78 bits per heavy atom.